The van der Waals surface area contributed by atoms with E-state index in [2.05, 4.69) is 37.6 Å². The maximum atomic E-state index is 13.2. The highest BCUT2D eigenvalue weighted by Gasteiger charge is 2.25. The van der Waals surface area contributed by atoms with Gasteiger partial charge in [0.05, 0.1) is 13.2 Å². The normalized spacial score (nSPS) is 11.5. The Labute approximate surface area is 163 Å². The van der Waals surface area contributed by atoms with E-state index in [1.807, 2.05) is 26.0 Å². The van der Waals surface area contributed by atoms with Gasteiger partial charge in [-0.05, 0) is 59.2 Å². The molecule has 1 aromatic heterocycles. The maximum Gasteiger partial charge on any atom is 0.325 e. The number of aromatic nitrogens is 1. The first-order chi connectivity index (χ1) is 12.7. The third-order valence-electron chi connectivity index (χ3n) is 4.51. The van der Waals surface area contributed by atoms with E-state index in [1.165, 1.54) is 4.90 Å². The van der Waals surface area contributed by atoms with Crippen LogP contribution in [0.4, 0.5) is 10.6 Å². The molecule has 0 saturated heterocycles. The molecule has 2 amide bonds. The van der Waals surface area contributed by atoms with Crippen molar-refractivity contribution in [3.05, 3.63) is 23.4 Å². The van der Waals surface area contributed by atoms with Gasteiger partial charge >= 0.3 is 6.03 Å². The van der Waals surface area contributed by atoms with Crippen molar-refractivity contribution in [2.24, 2.45) is 0 Å². The van der Waals surface area contributed by atoms with Crippen molar-refractivity contribution >= 4 is 11.8 Å². The number of pyridine rings is 1. The van der Waals surface area contributed by atoms with Gasteiger partial charge in [0.1, 0.15) is 5.82 Å². The molecule has 0 atom stereocenters. The molecule has 27 heavy (non-hydrogen) atoms. The summed E-state index contributed by atoms with van der Waals surface area (Å²) in [7, 11) is 0. The van der Waals surface area contributed by atoms with Gasteiger partial charge in [0.25, 0.3) is 0 Å². The lowest BCUT2D eigenvalue weighted by molar-refractivity contribution is 0.157. The first kappa shape index (κ1) is 23.3. The van der Waals surface area contributed by atoms with Crippen molar-refractivity contribution < 1.29 is 15.0 Å². The molecule has 0 aliphatic carbocycles. The van der Waals surface area contributed by atoms with E-state index in [-0.39, 0.29) is 32.3 Å². The van der Waals surface area contributed by atoms with Gasteiger partial charge in [-0.2, -0.15) is 0 Å². The van der Waals surface area contributed by atoms with Gasteiger partial charge in [-0.1, -0.05) is 0 Å². The van der Waals surface area contributed by atoms with Gasteiger partial charge in [-0.15, -0.1) is 0 Å². The molecule has 0 aromatic carbocycles. The number of aryl methyl sites for hydroxylation is 2. The number of aliphatic hydroxyl groups excluding tert-OH is 2. The number of aliphatic hydroxyl groups is 2. The highest BCUT2D eigenvalue weighted by atomic mass is 16.3. The first-order valence-electron chi connectivity index (χ1n) is 9.70. The van der Waals surface area contributed by atoms with Crippen molar-refractivity contribution in [1.82, 2.24) is 14.8 Å². The molecule has 0 saturated carbocycles. The summed E-state index contributed by atoms with van der Waals surface area (Å²) in [6.45, 7) is 13.7. The lowest BCUT2D eigenvalue weighted by atomic mass is 10.2. The minimum Gasteiger partial charge on any atom is -0.395 e. The molecular formula is C20H36N4O3. The first-order valence-corrected chi connectivity index (χ1v) is 9.70. The van der Waals surface area contributed by atoms with Crippen molar-refractivity contribution in [3.63, 3.8) is 0 Å². The number of carbonyl (C=O) groups is 1. The van der Waals surface area contributed by atoms with Crippen LogP contribution in [0.1, 0.15) is 39.0 Å². The van der Waals surface area contributed by atoms with E-state index >= 15 is 0 Å². The number of rotatable bonds is 10. The molecule has 2 N–H and O–H groups in total. The average Bonchev–Trinajstić information content (AvgIpc) is 2.56. The molecule has 1 aromatic rings. The molecule has 0 radical (unpaired) electrons. The average molecular weight is 381 g/mol. The summed E-state index contributed by atoms with van der Waals surface area (Å²) >= 11 is 0. The van der Waals surface area contributed by atoms with Crippen molar-refractivity contribution in [2.45, 2.75) is 53.6 Å². The second-order valence-corrected chi connectivity index (χ2v) is 7.44. The van der Waals surface area contributed by atoms with Crippen molar-refractivity contribution in [1.29, 1.82) is 0 Å². The maximum absolute atomic E-state index is 13.2. The van der Waals surface area contributed by atoms with Gasteiger partial charge in [0.2, 0.25) is 0 Å². The van der Waals surface area contributed by atoms with E-state index in [9.17, 15) is 15.0 Å². The lowest BCUT2D eigenvalue weighted by Gasteiger charge is -2.35. The van der Waals surface area contributed by atoms with E-state index in [0.29, 0.717) is 31.0 Å². The molecule has 0 unspecified atom stereocenters. The minimum atomic E-state index is -0.247. The van der Waals surface area contributed by atoms with Gasteiger partial charge in [-0.3, -0.25) is 9.80 Å². The van der Waals surface area contributed by atoms with Gasteiger partial charge in [-0.25, -0.2) is 9.78 Å². The summed E-state index contributed by atoms with van der Waals surface area (Å²) in [5.41, 5.74) is 1.89. The van der Waals surface area contributed by atoms with E-state index < -0.39 is 0 Å². The third kappa shape index (κ3) is 7.08. The van der Waals surface area contributed by atoms with Crippen LogP contribution in [-0.4, -0.2) is 82.5 Å². The summed E-state index contributed by atoms with van der Waals surface area (Å²) in [6.07, 6.45) is 0. The number of urea groups is 1. The monoisotopic (exact) mass is 380 g/mol. The molecule has 0 aliphatic heterocycles. The smallest absolute Gasteiger partial charge is 0.325 e. The molecule has 0 bridgehead atoms. The summed E-state index contributed by atoms with van der Waals surface area (Å²) < 4.78 is 0. The molecule has 154 valence electrons. The largest absolute Gasteiger partial charge is 0.395 e. The van der Waals surface area contributed by atoms with Crippen LogP contribution >= 0.6 is 0 Å². The summed E-state index contributed by atoms with van der Waals surface area (Å²) in [5, 5.41) is 18.6. The Bertz CT molecular complexity index is 558. The van der Waals surface area contributed by atoms with Gasteiger partial charge < -0.3 is 15.1 Å². The number of carbonyl (C=O) groups excluding carboxylic acids is 1. The van der Waals surface area contributed by atoms with Crippen LogP contribution in [0.2, 0.25) is 0 Å². The minimum absolute atomic E-state index is 0.149. The molecule has 1 rings (SSSR count). The van der Waals surface area contributed by atoms with E-state index in [1.54, 1.807) is 4.90 Å². The molecule has 0 spiro atoms. The standard InChI is InChI=1S/C20H36N4O3/c1-15(2)23(16(3)4)7-8-24(19-14-17(5)13-18(6)21-19)20(27)22(9-11-25)10-12-26/h13-16,25-26H,7-12H2,1-6H3. The Kier molecular flexibility index (Phi) is 9.69. The summed E-state index contributed by atoms with van der Waals surface area (Å²) in [5.74, 6) is 0.603. The Morgan fingerprint density at radius 1 is 0.963 bits per heavy atom. The van der Waals surface area contributed by atoms with Crippen LogP contribution < -0.4 is 4.90 Å². The number of nitrogens with zero attached hydrogens (tertiary/aromatic N) is 4. The molecular weight excluding hydrogens is 344 g/mol. The molecule has 1 heterocycles. The van der Waals surface area contributed by atoms with Crippen molar-refractivity contribution in [2.75, 3.05) is 44.3 Å². The van der Waals surface area contributed by atoms with Crippen LogP contribution in [0, 0.1) is 13.8 Å². The fourth-order valence-corrected chi connectivity index (χ4v) is 3.31. The zero-order valence-electron chi connectivity index (χ0n) is 17.6. The number of amides is 2. The fraction of sp³-hybridized carbons (Fsp3) is 0.700. The molecule has 0 fully saturated rings. The third-order valence-corrected chi connectivity index (χ3v) is 4.51. The van der Waals surface area contributed by atoms with Crippen LogP contribution in [0.25, 0.3) is 0 Å². The second kappa shape index (κ2) is 11.2. The topological polar surface area (TPSA) is 80.1 Å². The Morgan fingerprint density at radius 3 is 1.96 bits per heavy atom. The highest BCUT2D eigenvalue weighted by Crippen LogP contribution is 2.17. The van der Waals surface area contributed by atoms with Crippen molar-refractivity contribution in [3.8, 4) is 0 Å². The SMILES string of the molecule is Cc1cc(C)nc(N(CCN(C(C)C)C(C)C)C(=O)N(CCO)CCO)c1. The summed E-state index contributed by atoms with van der Waals surface area (Å²) in [4.78, 5) is 23.2. The zero-order chi connectivity index (χ0) is 20.6. The van der Waals surface area contributed by atoms with Gasteiger partial charge in [0, 0.05) is 44.0 Å². The lowest BCUT2D eigenvalue weighted by Crippen LogP contribution is -2.50. The van der Waals surface area contributed by atoms with E-state index in [0.717, 1.165) is 11.3 Å². The Hall–Kier alpha value is -1.70. The van der Waals surface area contributed by atoms with Crippen LogP contribution in [0.5, 0.6) is 0 Å². The quantitative estimate of drug-likeness (QED) is 0.649. The number of hydrogen-bond acceptors (Lipinski definition) is 5. The van der Waals surface area contributed by atoms with Crippen LogP contribution in [0.15, 0.2) is 12.1 Å². The Balaban J connectivity index is 3.16. The molecule has 0 aliphatic rings. The number of hydrogen-bond donors (Lipinski definition) is 2. The van der Waals surface area contributed by atoms with Crippen LogP contribution in [-0.2, 0) is 0 Å². The number of anilines is 1. The fourth-order valence-electron chi connectivity index (χ4n) is 3.31. The predicted octanol–water partition coefficient (Wildman–Crippen LogP) is 2.03. The zero-order valence-corrected chi connectivity index (χ0v) is 17.6. The van der Waals surface area contributed by atoms with Crippen LogP contribution in [0.3, 0.4) is 0 Å². The molecule has 7 nitrogen and oxygen atoms in total. The Morgan fingerprint density at radius 2 is 1.52 bits per heavy atom. The van der Waals surface area contributed by atoms with E-state index in [4.69, 9.17) is 0 Å². The second-order valence-electron chi connectivity index (χ2n) is 7.44. The highest BCUT2D eigenvalue weighted by molar-refractivity contribution is 5.91. The summed E-state index contributed by atoms with van der Waals surface area (Å²) in [6, 6.07) is 4.35. The predicted molar refractivity (Wildman–Crippen MR) is 109 cm³/mol. The molecule has 7 heteroatoms. The van der Waals surface area contributed by atoms with Gasteiger partial charge in [0.15, 0.2) is 0 Å².